The molecule has 0 aliphatic heterocycles. The summed E-state index contributed by atoms with van der Waals surface area (Å²) >= 11 is 3.44. The van der Waals surface area contributed by atoms with E-state index in [9.17, 15) is 18.0 Å². The van der Waals surface area contributed by atoms with Crippen molar-refractivity contribution in [3.05, 3.63) is 63.6 Å². The lowest BCUT2D eigenvalue weighted by Gasteiger charge is -2.30. The molecule has 0 spiro atoms. The topological polar surface area (TPSA) is 86.8 Å². The Kier molecular flexibility index (Phi) is 10.2. The molecule has 2 aromatic rings. The largest absolute Gasteiger partial charge is 0.352 e. The van der Waals surface area contributed by atoms with Crippen LogP contribution in [0.4, 0.5) is 5.69 Å². The van der Waals surface area contributed by atoms with Gasteiger partial charge in [-0.3, -0.25) is 13.9 Å². The molecule has 1 N–H and O–H groups in total. The van der Waals surface area contributed by atoms with Crippen LogP contribution in [0, 0.1) is 13.8 Å². The second kappa shape index (κ2) is 12.9. The average Bonchev–Trinajstić information content (AvgIpc) is 3.35. The normalized spacial score (nSPS) is 14.8. The van der Waals surface area contributed by atoms with E-state index in [0.29, 0.717) is 18.7 Å². The van der Waals surface area contributed by atoms with Gasteiger partial charge < -0.3 is 10.2 Å². The number of nitrogens with one attached hydrogen (secondary N) is 1. The number of aryl methyl sites for hydroxylation is 1. The minimum absolute atomic E-state index is 0.133. The van der Waals surface area contributed by atoms with Crippen molar-refractivity contribution in [1.29, 1.82) is 0 Å². The maximum Gasteiger partial charge on any atom is 0.242 e. The van der Waals surface area contributed by atoms with E-state index in [-0.39, 0.29) is 30.8 Å². The van der Waals surface area contributed by atoms with E-state index in [4.69, 9.17) is 0 Å². The number of hydrogen-bond acceptors (Lipinski definition) is 4. The van der Waals surface area contributed by atoms with Crippen molar-refractivity contribution in [1.82, 2.24) is 10.2 Å². The standard InChI is InChI=1S/C28H38BrN3O4S/c1-20-9-7-12-26(21(20)2)32(37(4,35)36)18-8-13-27(33)31(19-23-14-16-24(29)17-15-23)22(3)28(34)30-25-10-5-6-11-25/h7,9,12,14-17,22,25H,5-6,8,10-11,13,18-19H2,1-4H3,(H,30,34)/t22-/m1/s1. The fraction of sp³-hybridized carbons (Fsp3) is 0.500. The third-order valence-corrected chi connectivity index (χ3v) is 8.84. The van der Waals surface area contributed by atoms with Gasteiger partial charge >= 0.3 is 0 Å². The number of sulfonamides is 1. The van der Waals surface area contributed by atoms with Crippen molar-refractivity contribution >= 4 is 43.5 Å². The van der Waals surface area contributed by atoms with Crippen LogP contribution in [0.2, 0.25) is 0 Å². The molecule has 37 heavy (non-hydrogen) atoms. The molecule has 9 heteroatoms. The zero-order valence-corrected chi connectivity index (χ0v) is 24.6. The SMILES string of the molecule is Cc1cccc(N(CCCC(=O)N(Cc2ccc(Br)cc2)[C@H](C)C(=O)NC2CCCC2)S(C)(=O)=O)c1C. The third kappa shape index (κ3) is 8.04. The predicted octanol–water partition coefficient (Wildman–Crippen LogP) is 5.09. The van der Waals surface area contributed by atoms with Crippen molar-refractivity contribution in [2.45, 2.75) is 77.9 Å². The van der Waals surface area contributed by atoms with Gasteiger partial charge in [-0.1, -0.05) is 53.0 Å². The number of rotatable bonds is 11. The highest BCUT2D eigenvalue weighted by atomic mass is 79.9. The zero-order valence-electron chi connectivity index (χ0n) is 22.2. The van der Waals surface area contributed by atoms with E-state index < -0.39 is 16.1 Å². The fourth-order valence-electron chi connectivity index (χ4n) is 4.75. The summed E-state index contributed by atoms with van der Waals surface area (Å²) in [5.41, 5.74) is 3.45. The van der Waals surface area contributed by atoms with E-state index in [1.54, 1.807) is 17.9 Å². The molecular weight excluding hydrogens is 554 g/mol. The van der Waals surface area contributed by atoms with E-state index in [1.165, 1.54) is 10.6 Å². The predicted molar refractivity (Wildman–Crippen MR) is 152 cm³/mol. The van der Waals surface area contributed by atoms with Crippen LogP contribution in [0.25, 0.3) is 0 Å². The average molecular weight is 593 g/mol. The molecule has 0 unspecified atom stereocenters. The number of hydrogen-bond donors (Lipinski definition) is 1. The molecular formula is C28H38BrN3O4S. The summed E-state index contributed by atoms with van der Waals surface area (Å²) in [5.74, 6) is -0.322. The van der Waals surface area contributed by atoms with Crippen molar-refractivity contribution < 1.29 is 18.0 Å². The van der Waals surface area contributed by atoms with E-state index >= 15 is 0 Å². The number of carbonyl (C=O) groups is 2. The number of nitrogens with zero attached hydrogens (tertiary/aromatic N) is 2. The van der Waals surface area contributed by atoms with Gasteiger partial charge in [0.1, 0.15) is 6.04 Å². The molecule has 0 saturated heterocycles. The van der Waals surface area contributed by atoms with Gasteiger partial charge in [-0.25, -0.2) is 8.42 Å². The van der Waals surface area contributed by atoms with Crippen LogP contribution in [0.1, 0.15) is 62.1 Å². The van der Waals surface area contributed by atoms with E-state index in [1.807, 2.05) is 50.2 Å². The van der Waals surface area contributed by atoms with Crippen LogP contribution in [0.15, 0.2) is 46.9 Å². The maximum absolute atomic E-state index is 13.5. The molecule has 0 heterocycles. The van der Waals surface area contributed by atoms with Crippen molar-refractivity contribution in [3.8, 4) is 0 Å². The minimum Gasteiger partial charge on any atom is -0.352 e. The van der Waals surface area contributed by atoms with Crippen LogP contribution >= 0.6 is 15.9 Å². The minimum atomic E-state index is -3.53. The lowest BCUT2D eigenvalue weighted by atomic mass is 10.1. The van der Waals surface area contributed by atoms with Gasteiger partial charge in [0.15, 0.2) is 0 Å². The number of benzene rings is 2. The van der Waals surface area contributed by atoms with Gasteiger partial charge in [-0.05, 0) is 74.9 Å². The molecule has 1 aliphatic carbocycles. The fourth-order valence-corrected chi connectivity index (χ4v) is 6.03. The van der Waals surface area contributed by atoms with E-state index in [2.05, 4.69) is 21.2 Å². The van der Waals surface area contributed by atoms with E-state index in [0.717, 1.165) is 46.8 Å². The molecule has 7 nitrogen and oxygen atoms in total. The monoisotopic (exact) mass is 591 g/mol. The van der Waals surface area contributed by atoms with Gasteiger partial charge in [0.2, 0.25) is 21.8 Å². The van der Waals surface area contributed by atoms with Crippen molar-refractivity contribution in [2.75, 3.05) is 17.1 Å². The number of carbonyl (C=O) groups excluding carboxylic acids is 2. The Hall–Kier alpha value is -2.39. The molecule has 0 radical (unpaired) electrons. The molecule has 1 fully saturated rings. The molecule has 1 saturated carbocycles. The smallest absolute Gasteiger partial charge is 0.242 e. The highest BCUT2D eigenvalue weighted by molar-refractivity contribution is 9.10. The van der Waals surface area contributed by atoms with Gasteiger partial charge in [0, 0.05) is 30.0 Å². The Morgan fingerprint density at radius 2 is 1.73 bits per heavy atom. The van der Waals surface area contributed by atoms with Crippen LogP contribution in [0.5, 0.6) is 0 Å². The van der Waals surface area contributed by atoms with Crippen LogP contribution in [-0.2, 0) is 26.2 Å². The Morgan fingerprint density at radius 3 is 2.35 bits per heavy atom. The quantitative estimate of drug-likeness (QED) is 0.394. The lowest BCUT2D eigenvalue weighted by Crippen LogP contribution is -2.49. The third-order valence-electron chi connectivity index (χ3n) is 7.13. The molecule has 2 aromatic carbocycles. The van der Waals surface area contributed by atoms with Crippen molar-refractivity contribution in [2.24, 2.45) is 0 Å². The first-order valence-electron chi connectivity index (χ1n) is 12.9. The Bertz CT molecular complexity index is 1190. The van der Waals surface area contributed by atoms with Gasteiger partial charge in [-0.2, -0.15) is 0 Å². The lowest BCUT2D eigenvalue weighted by molar-refractivity contribution is -0.141. The summed E-state index contributed by atoms with van der Waals surface area (Å²) < 4.78 is 27.5. The zero-order chi connectivity index (χ0) is 27.2. The Balaban J connectivity index is 1.73. The number of halogens is 1. The van der Waals surface area contributed by atoms with Crippen LogP contribution in [0.3, 0.4) is 0 Å². The maximum atomic E-state index is 13.5. The first-order chi connectivity index (χ1) is 17.5. The highest BCUT2D eigenvalue weighted by Gasteiger charge is 2.29. The Labute approximate surface area is 229 Å². The number of anilines is 1. The summed E-state index contributed by atoms with van der Waals surface area (Å²) in [5, 5.41) is 3.11. The molecule has 1 aliphatic rings. The summed E-state index contributed by atoms with van der Waals surface area (Å²) in [6.45, 7) is 6.10. The summed E-state index contributed by atoms with van der Waals surface area (Å²) in [4.78, 5) is 28.1. The second-order valence-corrected chi connectivity index (χ2v) is 12.8. The van der Waals surface area contributed by atoms with Crippen LogP contribution in [-0.4, -0.2) is 50.0 Å². The summed E-state index contributed by atoms with van der Waals surface area (Å²) in [7, 11) is -3.53. The molecule has 1 atom stereocenters. The first-order valence-corrected chi connectivity index (χ1v) is 15.5. The van der Waals surface area contributed by atoms with Gasteiger partial charge in [-0.15, -0.1) is 0 Å². The van der Waals surface area contributed by atoms with Gasteiger partial charge in [0.25, 0.3) is 0 Å². The molecule has 2 amide bonds. The molecule has 0 bridgehead atoms. The molecule has 202 valence electrons. The second-order valence-electron chi connectivity index (χ2n) is 9.97. The number of amides is 2. The molecule has 0 aromatic heterocycles. The first kappa shape index (κ1) is 29.2. The van der Waals surface area contributed by atoms with Crippen LogP contribution < -0.4 is 9.62 Å². The van der Waals surface area contributed by atoms with Crippen molar-refractivity contribution in [3.63, 3.8) is 0 Å². The Morgan fingerprint density at radius 1 is 1.08 bits per heavy atom. The summed E-state index contributed by atoms with van der Waals surface area (Å²) in [6.07, 6.45) is 5.82. The molecule has 3 rings (SSSR count). The summed E-state index contributed by atoms with van der Waals surface area (Å²) in [6, 6.07) is 12.8. The van der Waals surface area contributed by atoms with Gasteiger partial charge in [0.05, 0.1) is 11.9 Å². The highest BCUT2D eigenvalue weighted by Crippen LogP contribution is 2.26.